The van der Waals surface area contributed by atoms with Crippen LogP contribution >= 0.6 is 0 Å². The van der Waals surface area contributed by atoms with Gasteiger partial charge in [-0.05, 0) is 24.6 Å². The van der Waals surface area contributed by atoms with E-state index in [4.69, 9.17) is 15.4 Å². The molecule has 6 nitrogen and oxygen atoms in total. The Hall–Kier alpha value is -2.46. The molecule has 2 heterocycles. The molecule has 0 aromatic heterocycles. The van der Waals surface area contributed by atoms with Gasteiger partial charge in [-0.2, -0.15) is 5.26 Å². The SMILES string of the molecule is N#Cc1ccc(F)c(C23COCCC2C(=O)NC(=N)N3)c1. The number of benzene rings is 1. The van der Waals surface area contributed by atoms with Gasteiger partial charge in [-0.15, -0.1) is 0 Å². The van der Waals surface area contributed by atoms with Crippen LogP contribution in [0.3, 0.4) is 0 Å². The third-order valence-corrected chi connectivity index (χ3v) is 3.96. The molecule has 0 saturated carbocycles. The Labute approximate surface area is 120 Å². The summed E-state index contributed by atoms with van der Waals surface area (Å²) in [5.41, 5.74) is -0.663. The van der Waals surface area contributed by atoms with E-state index in [1.807, 2.05) is 6.07 Å². The van der Waals surface area contributed by atoms with Gasteiger partial charge in [0.1, 0.15) is 11.4 Å². The van der Waals surface area contributed by atoms with E-state index >= 15 is 0 Å². The van der Waals surface area contributed by atoms with Gasteiger partial charge in [-0.3, -0.25) is 15.5 Å². The molecular formula is C14H13FN4O2. The number of guanidine groups is 1. The molecule has 108 valence electrons. The van der Waals surface area contributed by atoms with Gasteiger partial charge < -0.3 is 10.1 Å². The molecule has 2 saturated heterocycles. The van der Waals surface area contributed by atoms with Gasteiger partial charge in [0.15, 0.2) is 5.96 Å². The van der Waals surface area contributed by atoms with Crippen molar-refractivity contribution in [2.45, 2.75) is 12.0 Å². The van der Waals surface area contributed by atoms with Gasteiger partial charge in [0.05, 0.1) is 24.2 Å². The van der Waals surface area contributed by atoms with Crippen LogP contribution in [0.5, 0.6) is 0 Å². The molecule has 2 aliphatic rings. The Morgan fingerprint density at radius 3 is 3.10 bits per heavy atom. The van der Waals surface area contributed by atoms with E-state index in [1.54, 1.807) is 0 Å². The van der Waals surface area contributed by atoms with Crippen LogP contribution in [0, 0.1) is 28.5 Å². The van der Waals surface area contributed by atoms with Crippen LogP contribution in [0.4, 0.5) is 4.39 Å². The van der Waals surface area contributed by atoms with E-state index in [1.165, 1.54) is 18.2 Å². The van der Waals surface area contributed by atoms with Gasteiger partial charge in [0, 0.05) is 12.2 Å². The predicted octanol–water partition coefficient (Wildman–Crippen LogP) is 0.583. The third kappa shape index (κ3) is 2.04. The number of fused-ring (bicyclic) bond motifs is 1. The lowest BCUT2D eigenvalue weighted by atomic mass is 9.73. The van der Waals surface area contributed by atoms with Crippen molar-refractivity contribution in [3.05, 3.63) is 35.1 Å². The predicted molar refractivity (Wildman–Crippen MR) is 70.7 cm³/mol. The Morgan fingerprint density at radius 2 is 2.33 bits per heavy atom. The van der Waals surface area contributed by atoms with Crippen molar-refractivity contribution in [1.29, 1.82) is 10.7 Å². The average molecular weight is 288 g/mol. The zero-order valence-electron chi connectivity index (χ0n) is 11.1. The first-order valence-electron chi connectivity index (χ1n) is 6.52. The number of nitrogens with one attached hydrogen (secondary N) is 3. The number of halogens is 1. The molecule has 0 aliphatic carbocycles. The molecule has 0 radical (unpaired) electrons. The topological polar surface area (TPSA) is 98.0 Å². The summed E-state index contributed by atoms with van der Waals surface area (Å²) in [6, 6.07) is 5.95. The quantitative estimate of drug-likeness (QED) is 0.704. The van der Waals surface area contributed by atoms with Crippen molar-refractivity contribution in [2.24, 2.45) is 5.92 Å². The van der Waals surface area contributed by atoms with Crippen molar-refractivity contribution in [1.82, 2.24) is 10.6 Å². The summed E-state index contributed by atoms with van der Waals surface area (Å²) in [5, 5.41) is 22.0. The van der Waals surface area contributed by atoms with Gasteiger partial charge in [0.25, 0.3) is 0 Å². The minimum absolute atomic E-state index is 0.0687. The van der Waals surface area contributed by atoms with E-state index in [0.29, 0.717) is 18.6 Å². The molecular weight excluding hydrogens is 275 g/mol. The molecule has 3 N–H and O–H groups in total. The zero-order valence-corrected chi connectivity index (χ0v) is 11.1. The van der Waals surface area contributed by atoms with Crippen LogP contribution in [0.1, 0.15) is 17.5 Å². The summed E-state index contributed by atoms with van der Waals surface area (Å²) < 4.78 is 19.7. The van der Waals surface area contributed by atoms with E-state index in [2.05, 4.69) is 10.6 Å². The number of amides is 1. The Morgan fingerprint density at radius 1 is 1.52 bits per heavy atom. The van der Waals surface area contributed by atoms with Gasteiger partial charge >= 0.3 is 0 Å². The second-order valence-electron chi connectivity index (χ2n) is 5.16. The first-order valence-corrected chi connectivity index (χ1v) is 6.52. The van der Waals surface area contributed by atoms with Gasteiger partial charge in [0.2, 0.25) is 5.91 Å². The smallest absolute Gasteiger partial charge is 0.232 e. The highest BCUT2D eigenvalue weighted by molar-refractivity contribution is 6.00. The van der Waals surface area contributed by atoms with Crippen molar-refractivity contribution in [3.8, 4) is 6.07 Å². The van der Waals surface area contributed by atoms with E-state index in [0.717, 1.165) is 0 Å². The van der Waals surface area contributed by atoms with E-state index < -0.39 is 17.3 Å². The minimum Gasteiger partial charge on any atom is -0.379 e. The summed E-state index contributed by atoms with van der Waals surface area (Å²) in [5.74, 6) is -1.60. The number of hydrogen-bond acceptors (Lipinski definition) is 4. The van der Waals surface area contributed by atoms with Crippen molar-refractivity contribution >= 4 is 11.9 Å². The molecule has 21 heavy (non-hydrogen) atoms. The van der Waals surface area contributed by atoms with Crippen LogP contribution in [-0.4, -0.2) is 25.1 Å². The Bertz CT molecular complexity index is 669. The summed E-state index contributed by atoms with van der Waals surface area (Å²) >= 11 is 0. The monoisotopic (exact) mass is 288 g/mol. The first-order chi connectivity index (χ1) is 10.1. The van der Waals surface area contributed by atoms with Crippen LogP contribution in [-0.2, 0) is 15.1 Å². The molecule has 1 aromatic carbocycles. The molecule has 7 heteroatoms. The molecule has 1 amide bonds. The normalized spacial score (nSPS) is 28.1. The Kier molecular flexibility index (Phi) is 3.11. The minimum atomic E-state index is -1.14. The number of nitriles is 1. The fraction of sp³-hybridized carbons (Fsp3) is 0.357. The molecule has 0 bridgehead atoms. The van der Waals surface area contributed by atoms with Crippen molar-refractivity contribution in [3.63, 3.8) is 0 Å². The second kappa shape index (κ2) is 4.82. The van der Waals surface area contributed by atoms with Crippen LogP contribution < -0.4 is 10.6 Å². The summed E-state index contributed by atoms with van der Waals surface area (Å²) in [7, 11) is 0. The molecule has 2 aliphatic heterocycles. The van der Waals surface area contributed by atoms with E-state index in [-0.39, 0.29) is 24.0 Å². The fourth-order valence-corrected chi connectivity index (χ4v) is 2.99. The lowest BCUT2D eigenvalue weighted by molar-refractivity contribution is -0.134. The van der Waals surface area contributed by atoms with Crippen LogP contribution in [0.15, 0.2) is 18.2 Å². The maximum absolute atomic E-state index is 14.3. The maximum atomic E-state index is 14.3. The number of nitrogens with zero attached hydrogens (tertiary/aromatic N) is 1. The summed E-state index contributed by atoms with van der Waals surface area (Å²) in [6.07, 6.45) is 0.419. The highest BCUT2D eigenvalue weighted by atomic mass is 19.1. The van der Waals surface area contributed by atoms with Gasteiger partial charge in [-0.25, -0.2) is 4.39 Å². The molecule has 0 spiro atoms. The van der Waals surface area contributed by atoms with Crippen LogP contribution in [0.25, 0.3) is 0 Å². The third-order valence-electron chi connectivity index (χ3n) is 3.96. The highest BCUT2D eigenvalue weighted by Crippen LogP contribution is 2.39. The molecule has 2 fully saturated rings. The second-order valence-corrected chi connectivity index (χ2v) is 5.16. The van der Waals surface area contributed by atoms with Crippen LogP contribution in [0.2, 0.25) is 0 Å². The summed E-state index contributed by atoms with van der Waals surface area (Å²) in [4.78, 5) is 12.1. The summed E-state index contributed by atoms with van der Waals surface area (Å²) in [6.45, 7) is 0.466. The van der Waals surface area contributed by atoms with Crippen molar-refractivity contribution < 1.29 is 13.9 Å². The lowest BCUT2D eigenvalue weighted by Crippen LogP contribution is -2.68. The zero-order chi connectivity index (χ0) is 15.0. The van der Waals surface area contributed by atoms with E-state index in [9.17, 15) is 9.18 Å². The largest absolute Gasteiger partial charge is 0.379 e. The highest BCUT2D eigenvalue weighted by Gasteiger charge is 2.51. The first kappa shape index (κ1) is 13.5. The molecule has 2 atom stereocenters. The number of hydrogen-bond donors (Lipinski definition) is 3. The number of ether oxygens (including phenoxy) is 1. The van der Waals surface area contributed by atoms with Gasteiger partial charge in [-0.1, -0.05) is 0 Å². The standard InChI is InChI=1S/C14H13FN4O2/c15-11-2-1-8(6-16)5-10(11)14-7-21-4-3-9(14)12(20)18-13(17)19-14/h1-2,5,9H,3-4,7H2,(H3,17,18,19,20). The average Bonchev–Trinajstić information content (AvgIpc) is 2.47. The number of carbonyl (C=O) groups is 1. The Balaban J connectivity index is 2.17. The molecule has 2 unspecified atom stereocenters. The molecule has 1 aromatic rings. The number of carbonyl (C=O) groups excluding carboxylic acids is 1. The fourth-order valence-electron chi connectivity index (χ4n) is 2.99. The lowest BCUT2D eigenvalue weighted by Gasteiger charge is -2.47. The van der Waals surface area contributed by atoms with Crippen molar-refractivity contribution in [2.75, 3.05) is 13.2 Å². The maximum Gasteiger partial charge on any atom is 0.232 e. The molecule has 3 rings (SSSR count). The number of rotatable bonds is 1.